The number of piperidine rings is 1. The minimum Gasteiger partial charge on any atom is -0.424 e. The fourth-order valence-corrected chi connectivity index (χ4v) is 3.05. The summed E-state index contributed by atoms with van der Waals surface area (Å²) < 4.78 is 6.82. The van der Waals surface area contributed by atoms with Crippen molar-refractivity contribution >= 4 is 11.7 Å². The molecule has 140 valence electrons. The number of rotatable bonds is 5. The van der Waals surface area contributed by atoms with Crippen molar-refractivity contribution in [3.63, 3.8) is 0 Å². The van der Waals surface area contributed by atoms with E-state index in [9.17, 15) is 4.79 Å². The number of aromatic nitrogens is 7. The molecule has 1 N–H and O–H groups in total. The summed E-state index contributed by atoms with van der Waals surface area (Å²) in [6, 6.07) is 3.71. The predicted octanol–water partition coefficient (Wildman–Crippen LogP) is 0.282. The summed E-state index contributed by atoms with van der Waals surface area (Å²) in [6.07, 6.45) is 4.74. The van der Waals surface area contributed by atoms with Gasteiger partial charge in [-0.05, 0) is 25.0 Å². The minimum absolute atomic E-state index is 0.0252. The minimum atomic E-state index is -0.125. The molecule has 0 radical (unpaired) electrons. The van der Waals surface area contributed by atoms with Gasteiger partial charge >= 0.3 is 0 Å². The van der Waals surface area contributed by atoms with Crippen molar-refractivity contribution in [3.8, 4) is 5.82 Å². The van der Waals surface area contributed by atoms with Crippen molar-refractivity contribution in [2.24, 2.45) is 5.92 Å². The summed E-state index contributed by atoms with van der Waals surface area (Å²) in [5.41, 5.74) is 0. The van der Waals surface area contributed by atoms with E-state index in [1.54, 1.807) is 17.9 Å². The monoisotopic (exact) mass is 369 g/mol. The molecule has 3 aromatic rings. The fourth-order valence-electron chi connectivity index (χ4n) is 3.05. The molecule has 0 spiro atoms. The molecule has 1 amide bonds. The van der Waals surface area contributed by atoms with Gasteiger partial charge in [0.1, 0.15) is 12.7 Å². The first kappa shape index (κ1) is 17.1. The number of hydrogen-bond donors (Lipinski definition) is 1. The van der Waals surface area contributed by atoms with Crippen LogP contribution in [0.5, 0.6) is 0 Å². The highest BCUT2D eigenvalue weighted by Gasteiger charge is 2.27. The fraction of sp³-hybridized carbons (Fsp3) is 0.438. The van der Waals surface area contributed by atoms with Gasteiger partial charge in [-0.3, -0.25) is 4.79 Å². The van der Waals surface area contributed by atoms with Gasteiger partial charge in [-0.15, -0.1) is 20.4 Å². The maximum Gasteiger partial charge on any atom is 0.235 e. The topological polar surface area (TPSA) is 128 Å². The van der Waals surface area contributed by atoms with E-state index in [1.165, 1.54) is 6.33 Å². The molecule has 1 fully saturated rings. The molecule has 27 heavy (non-hydrogen) atoms. The highest BCUT2D eigenvalue weighted by molar-refractivity contribution is 5.79. The molecule has 11 nitrogen and oxygen atoms in total. The number of nitrogens with zero attached hydrogens (tertiary/aromatic N) is 8. The summed E-state index contributed by atoms with van der Waals surface area (Å²) in [5, 5.41) is 23.0. The van der Waals surface area contributed by atoms with Gasteiger partial charge in [-0.1, -0.05) is 0 Å². The van der Waals surface area contributed by atoms with Gasteiger partial charge < -0.3 is 14.6 Å². The Balaban J connectivity index is 1.36. The van der Waals surface area contributed by atoms with Crippen molar-refractivity contribution in [1.82, 2.24) is 40.5 Å². The molecular weight excluding hydrogens is 350 g/mol. The first-order chi connectivity index (χ1) is 13.2. The Hall–Kier alpha value is -3.37. The number of nitrogens with one attached hydrogen (secondary N) is 1. The van der Waals surface area contributed by atoms with Crippen molar-refractivity contribution in [2.45, 2.75) is 26.3 Å². The average molecular weight is 369 g/mol. The average Bonchev–Trinajstić information content (AvgIpc) is 3.38. The Morgan fingerprint density at radius 3 is 2.81 bits per heavy atom. The second-order valence-electron chi connectivity index (χ2n) is 6.31. The van der Waals surface area contributed by atoms with Crippen molar-refractivity contribution < 1.29 is 9.21 Å². The van der Waals surface area contributed by atoms with Gasteiger partial charge in [0.05, 0.1) is 12.5 Å². The lowest BCUT2D eigenvalue weighted by molar-refractivity contribution is -0.125. The molecule has 1 atom stereocenters. The van der Waals surface area contributed by atoms with E-state index in [2.05, 4.69) is 40.7 Å². The van der Waals surface area contributed by atoms with Crippen LogP contribution in [0.15, 0.2) is 29.2 Å². The molecule has 0 bridgehead atoms. The van der Waals surface area contributed by atoms with Gasteiger partial charge in [0.25, 0.3) is 0 Å². The molecule has 3 aromatic heterocycles. The number of aryl methyl sites for hydroxylation is 1. The van der Waals surface area contributed by atoms with E-state index >= 15 is 0 Å². The van der Waals surface area contributed by atoms with Gasteiger partial charge in [0.15, 0.2) is 11.6 Å². The van der Waals surface area contributed by atoms with E-state index in [-0.39, 0.29) is 18.4 Å². The van der Waals surface area contributed by atoms with Crippen LogP contribution in [0.1, 0.15) is 24.6 Å². The zero-order chi connectivity index (χ0) is 18.6. The molecular formula is C16H19N9O2. The van der Waals surface area contributed by atoms with E-state index in [0.29, 0.717) is 24.1 Å². The smallest absolute Gasteiger partial charge is 0.235 e. The van der Waals surface area contributed by atoms with Crippen LogP contribution in [0, 0.1) is 12.8 Å². The zero-order valence-electron chi connectivity index (χ0n) is 14.8. The Morgan fingerprint density at radius 2 is 2.11 bits per heavy atom. The normalized spacial score (nSPS) is 17.1. The maximum absolute atomic E-state index is 12.5. The van der Waals surface area contributed by atoms with Crippen molar-refractivity contribution in [2.75, 3.05) is 18.0 Å². The van der Waals surface area contributed by atoms with Gasteiger partial charge in [0, 0.05) is 20.0 Å². The van der Waals surface area contributed by atoms with E-state index in [4.69, 9.17) is 4.42 Å². The van der Waals surface area contributed by atoms with E-state index in [0.717, 1.165) is 25.2 Å². The summed E-state index contributed by atoms with van der Waals surface area (Å²) >= 11 is 0. The quantitative estimate of drug-likeness (QED) is 0.674. The van der Waals surface area contributed by atoms with Crippen LogP contribution >= 0.6 is 0 Å². The summed E-state index contributed by atoms with van der Waals surface area (Å²) in [7, 11) is 0. The van der Waals surface area contributed by atoms with E-state index in [1.807, 2.05) is 12.1 Å². The highest BCUT2D eigenvalue weighted by atomic mass is 16.4. The molecule has 1 aliphatic rings. The van der Waals surface area contributed by atoms with Crippen LogP contribution in [0.25, 0.3) is 5.82 Å². The van der Waals surface area contributed by atoms with Crippen LogP contribution < -0.4 is 10.2 Å². The second-order valence-corrected chi connectivity index (χ2v) is 6.31. The van der Waals surface area contributed by atoms with Gasteiger partial charge in [-0.2, -0.15) is 5.10 Å². The predicted molar refractivity (Wildman–Crippen MR) is 92.8 cm³/mol. The van der Waals surface area contributed by atoms with Gasteiger partial charge in [-0.25, -0.2) is 9.67 Å². The van der Waals surface area contributed by atoms with Gasteiger partial charge in [0.2, 0.25) is 17.7 Å². The summed E-state index contributed by atoms with van der Waals surface area (Å²) in [5.74, 6) is 2.07. The van der Waals surface area contributed by atoms with Crippen LogP contribution in [0.2, 0.25) is 0 Å². The maximum atomic E-state index is 12.5. The molecule has 0 aromatic carbocycles. The lowest BCUT2D eigenvalue weighted by atomic mass is 9.97. The molecule has 11 heteroatoms. The molecule has 0 saturated carbocycles. The highest BCUT2D eigenvalue weighted by Crippen LogP contribution is 2.21. The van der Waals surface area contributed by atoms with Crippen molar-refractivity contribution in [3.05, 3.63) is 36.6 Å². The third-order valence-corrected chi connectivity index (χ3v) is 4.39. The lowest BCUT2D eigenvalue weighted by Gasteiger charge is -2.32. The second kappa shape index (κ2) is 7.48. The van der Waals surface area contributed by atoms with E-state index < -0.39 is 0 Å². The van der Waals surface area contributed by atoms with Crippen LogP contribution in [-0.2, 0) is 11.3 Å². The molecule has 0 aliphatic carbocycles. The standard InChI is InChI=1S/C16H19N9O2/c1-11-20-23-15(27-11)7-18-16(26)12-3-2-6-24(8-12)13-4-5-14(22-21-13)25-10-17-9-19-25/h4-5,9-10,12H,2-3,6-8H2,1H3,(H,18,26). The molecule has 1 saturated heterocycles. The van der Waals surface area contributed by atoms with Crippen LogP contribution in [0.3, 0.4) is 0 Å². The third kappa shape index (κ3) is 3.91. The Morgan fingerprint density at radius 1 is 1.26 bits per heavy atom. The van der Waals surface area contributed by atoms with Crippen LogP contribution in [-0.4, -0.2) is 54.2 Å². The van der Waals surface area contributed by atoms with Crippen LogP contribution in [0.4, 0.5) is 5.82 Å². The Labute approximate surface area is 154 Å². The largest absolute Gasteiger partial charge is 0.424 e. The SMILES string of the molecule is Cc1nnc(CNC(=O)C2CCCN(c3ccc(-n4cncn4)nn3)C2)o1. The molecule has 1 unspecified atom stereocenters. The zero-order valence-corrected chi connectivity index (χ0v) is 14.8. The number of carbonyl (C=O) groups excluding carboxylic acids is 1. The number of hydrogen-bond acceptors (Lipinski definition) is 9. The molecule has 1 aliphatic heterocycles. The Bertz CT molecular complexity index is 891. The number of anilines is 1. The first-order valence-electron chi connectivity index (χ1n) is 8.69. The summed E-state index contributed by atoms with van der Waals surface area (Å²) in [4.78, 5) is 18.4. The summed E-state index contributed by atoms with van der Waals surface area (Å²) in [6.45, 7) is 3.38. The lowest BCUT2D eigenvalue weighted by Crippen LogP contribution is -2.43. The number of carbonyl (C=O) groups is 1. The third-order valence-electron chi connectivity index (χ3n) is 4.39. The first-order valence-corrected chi connectivity index (χ1v) is 8.69. The number of amides is 1. The molecule has 4 rings (SSSR count). The van der Waals surface area contributed by atoms with Crippen molar-refractivity contribution in [1.29, 1.82) is 0 Å². The Kier molecular flexibility index (Phi) is 4.73. The molecule has 4 heterocycles.